The fourth-order valence-corrected chi connectivity index (χ4v) is 6.28. The number of hydrogen-bond donors (Lipinski definition) is 1. The van der Waals surface area contributed by atoms with Crippen LogP contribution in [0.25, 0.3) is 16.9 Å². The van der Waals surface area contributed by atoms with Gasteiger partial charge in [-0.2, -0.15) is 11.8 Å². The van der Waals surface area contributed by atoms with Crippen molar-refractivity contribution in [3.63, 3.8) is 0 Å². The van der Waals surface area contributed by atoms with E-state index in [2.05, 4.69) is 61.0 Å². The molecule has 0 amide bonds. The summed E-state index contributed by atoms with van der Waals surface area (Å²) in [6, 6.07) is 10.2. The average Bonchev–Trinajstić information content (AvgIpc) is 3.75. The molecular weight excluding hydrogens is 566 g/mol. The number of nitrogens with two attached hydrogens (primary N) is 1. The number of benzene rings is 1. The normalized spacial score (nSPS) is 18.2. The highest BCUT2D eigenvalue weighted by Gasteiger charge is 2.22. The van der Waals surface area contributed by atoms with Gasteiger partial charge < -0.3 is 19.6 Å². The highest BCUT2D eigenvalue weighted by atomic mass is 32.2. The number of aryl methyl sites for hydroxylation is 2. The third-order valence-corrected chi connectivity index (χ3v) is 8.93. The number of hydrogen-bond acceptors (Lipinski definition) is 7. The fourth-order valence-electron chi connectivity index (χ4n) is 5.11. The number of nitrogens with zero attached hydrogens (tertiary/aromatic N) is 4. The summed E-state index contributed by atoms with van der Waals surface area (Å²) >= 11 is 1.91. The number of unbranched alkanes of at least 4 members (excludes halogenated alkanes) is 1. The monoisotopic (exact) mass is 617 g/mol. The lowest BCUT2D eigenvalue weighted by atomic mass is 9.94. The summed E-state index contributed by atoms with van der Waals surface area (Å²) in [5, 5.41) is 4.14. The third kappa shape index (κ3) is 9.57. The lowest BCUT2D eigenvalue weighted by molar-refractivity contribution is 0.0700. The van der Waals surface area contributed by atoms with Crippen LogP contribution in [0.3, 0.4) is 0 Å². The number of aliphatic imine (C=N–C) groups is 1. The molecule has 2 aromatic heterocycles. The predicted octanol–water partition coefficient (Wildman–Crippen LogP) is 9.06. The second kappa shape index (κ2) is 17.8. The quantitative estimate of drug-likeness (QED) is 0.161. The maximum atomic E-state index is 6.51. The molecule has 2 unspecified atom stereocenters. The molecule has 7 nitrogen and oxygen atoms in total. The first-order valence-electron chi connectivity index (χ1n) is 15.8. The van der Waals surface area contributed by atoms with Crippen LogP contribution in [0.5, 0.6) is 0 Å². The van der Waals surface area contributed by atoms with Crippen molar-refractivity contribution in [1.82, 2.24) is 14.7 Å². The average molecular weight is 618 g/mol. The van der Waals surface area contributed by atoms with Crippen LogP contribution in [0, 0.1) is 6.92 Å². The minimum atomic E-state index is 0.408. The van der Waals surface area contributed by atoms with E-state index in [9.17, 15) is 0 Å². The third-order valence-electron chi connectivity index (χ3n) is 7.83. The molecule has 2 N–H and O–H groups in total. The topological polar surface area (TPSA) is 91.5 Å². The van der Waals surface area contributed by atoms with Crippen LogP contribution in [-0.2, 0) is 17.5 Å². The van der Waals surface area contributed by atoms with E-state index in [1.54, 1.807) is 0 Å². The minimum Gasteiger partial charge on any atom is -0.398 e. The standard InChI is InChI=1S/C19H30N4.C17H21NO2S/c1-7-10-11-16(17-12-21-13-23(17)6)18(15(5)22-9-3)19(20)14(4)8-2;1-12-8-9-15(19-12)10-21-11-16-13(2)18-20-17(16)14-6-4-3-5-7-14/h9,11-13H,7-8,10,20H2,1-6H3;3-7,12,15H,8-11H2,1-2H3/b16-11-,18-15-,19-14-,22-9?;. The molecular formula is C36H51N5O2S. The second-order valence-electron chi connectivity index (χ2n) is 11.3. The zero-order chi connectivity index (χ0) is 32.1. The van der Waals surface area contributed by atoms with Gasteiger partial charge in [0.25, 0.3) is 0 Å². The van der Waals surface area contributed by atoms with Gasteiger partial charge in [-0.3, -0.25) is 4.99 Å². The van der Waals surface area contributed by atoms with E-state index in [-0.39, 0.29) is 0 Å². The molecule has 1 aliphatic rings. The lowest BCUT2D eigenvalue weighted by Crippen LogP contribution is -2.11. The molecule has 8 heteroatoms. The SMILES string of the molecule is CC=N/C(C)=C(C(\N)=C(/C)CC)/C(=C\CCC)c1cncn1C.Cc1noc(-c2ccccc2)c1CSCC1CCC(C)O1. The van der Waals surface area contributed by atoms with Crippen LogP contribution in [-0.4, -0.2) is 38.9 Å². The molecule has 2 atom stereocenters. The number of imidazole rings is 1. The molecule has 3 aromatic rings. The molecule has 1 aliphatic heterocycles. The van der Waals surface area contributed by atoms with E-state index >= 15 is 0 Å². The van der Waals surface area contributed by atoms with Crippen LogP contribution >= 0.6 is 11.8 Å². The molecule has 0 saturated carbocycles. The van der Waals surface area contributed by atoms with Crippen molar-refractivity contribution in [3.8, 4) is 11.3 Å². The summed E-state index contributed by atoms with van der Waals surface area (Å²) in [5.74, 6) is 2.87. The zero-order valence-electron chi connectivity index (χ0n) is 27.9. The second-order valence-corrected chi connectivity index (χ2v) is 12.3. The summed E-state index contributed by atoms with van der Waals surface area (Å²) in [7, 11) is 2.00. The smallest absolute Gasteiger partial charge is 0.171 e. The Labute approximate surface area is 268 Å². The maximum Gasteiger partial charge on any atom is 0.171 e. The van der Waals surface area contributed by atoms with E-state index in [1.807, 2.05) is 81.1 Å². The van der Waals surface area contributed by atoms with E-state index in [0.717, 1.165) is 76.0 Å². The Hall–Kier alpha value is -3.36. The first-order chi connectivity index (χ1) is 21.2. The van der Waals surface area contributed by atoms with E-state index < -0.39 is 0 Å². The van der Waals surface area contributed by atoms with Gasteiger partial charge >= 0.3 is 0 Å². The fraction of sp³-hybridized carbons (Fsp3) is 0.472. The first kappa shape index (κ1) is 35.1. The Morgan fingerprint density at radius 2 is 1.93 bits per heavy atom. The predicted molar refractivity (Wildman–Crippen MR) is 187 cm³/mol. The molecule has 0 aliphatic carbocycles. The molecule has 4 rings (SSSR count). The van der Waals surface area contributed by atoms with E-state index in [4.69, 9.17) is 15.0 Å². The Morgan fingerprint density at radius 1 is 1.18 bits per heavy atom. The van der Waals surface area contributed by atoms with Crippen LogP contribution in [0.4, 0.5) is 0 Å². The highest BCUT2D eigenvalue weighted by Crippen LogP contribution is 2.33. The number of rotatable bonds is 12. The number of thioether (sulfide) groups is 1. The van der Waals surface area contributed by atoms with Crippen LogP contribution in [0.1, 0.15) is 90.6 Å². The van der Waals surface area contributed by atoms with Gasteiger partial charge in [-0.15, -0.1) is 0 Å². The Bertz CT molecular complexity index is 1450. The van der Waals surface area contributed by atoms with Crippen molar-refractivity contribution in [2.45, 2.75) is 98.5 Å². The van der Waals surface area contributed by atoms with Gasteiger partial charge in [-0.1, -0.05) is 61.8 Å². The maximum absolute atomic E-state index is 6.51. The van der Waals surface area contributed by atoms with Crippen molar-refractivity contribution in [2.75, 3.05) is 5.75 Å². The van der Waals surface area contributed by atoms with Gasteiger partial charge in [0.2, 0.25) is 0 Å². The van der Waals surface area contributed by atoms with Crippen LogP contribution < -0.4 is 5.73 Å². The number of aromatic nitrogens is 3. The van der Waals surface area contributed by atoms with Gasteiger partial charge in [0, 0.05) is 58.4 Å². The molecule has 0 bridgehead atoms. The number of allylic oxidation sites excluding steroid dienone is 4. The molecule has 0 spiro atoms. The summed E-state index contributed by atoms with van der Waals surface area (Å²) in [6.45, 7) is 14.5. The molecule has 1 aromatic carbocycles. The van der Waals surface area contributed by atoms with Crippen molar-refractivity contribution in [1.29, 1.82) is 0 Å². The van der Waals surface area contributed by atoms with Crippen molar-refractivity contribution < 1.29 is 9.26 Å². The highest BCUT2D eigenvalue weighted by molar-refractivity contribution is 7.98. The lowest BCUT2D eigenvalue weighted by Gasteiger charge is -2.18. The van der Waals surface area contributed by atoms with Gasteiger partial charge in [0.05, 0.1) is 36.1 Å². The molecule has 238 valence electrons. The Kier molecular flexibility index (Phi) is 14.2. The van der Waals surface area contributed by atoms with Gasteiger partial charge in [0.15, 0.2) is 5.76 Å². The molecule has 1 fully saturated rings. The molecule has 0 radical (unpaired) electrons. The molecule has 3 heterocycles. The van der Waals surface area contributed by atoms with Crippen molar-refractivity contribution in [2.24, 2.45) is 17.8 Å². The first-order valence-corrected chi connectivity index (χ1v) is 16.9. The summed E-state index contributed by atoms with van der Waals surface area (Å²) in [4.78, 5) is 8.77. The van der Waals surface area contributed by atoms with Crippen molar-refractivity contribution in [3.05, 3.63) is 88.4 Å². The number of ether oxygens (including phenoxy) is 1. The van der Waals surface area contributed by atoms with Gasteiger partial charge in [-0.25, -0.2) is 4.98 Å². The Morgan fingerprint density at radius 3 is 2.52 bits per heavy atom. The summed E-state index contributed by atoms with van der Waals surface area (Å²) < 4.78 is 13.4. The van der Waals surface area contributed by atoms with Gasteiger partial charge in [0.1, 0.15) is 0 Å². The molecule has 1 saturated heterocycles. The Balaban J connectivity index is 0.000000241. The summed E-state index contributed by atoms with van der Waals surface area (Å²) in [6.07, 6.45) is 14.0. The minimum absolute atomic E-state index is 0.408. The largest absolute Gasteiger partial charge is 0.398 e. The van der Waals surface area contributed by atoms with Crippen LogP contribution in [0.15, 0.2) is 81.0 Å². The van der Waals surface area contributed by atoms with E-state index in [0.29, 0.717) is 12.2 Å². The van der Waals surface area contributed by atoms with E-state index in [1.165, 1.54) is 24.0 Å². The van der Waals surface area contributed by atoms with Gasteiger partial charge in [-0.05, 0) is 65.9 Å². The zero-order valence-corrected chi connectivity index (χ0v) is 28.7. The summed E-state index contributed by atoms with van der Waals surface area (Å²) in [5.41, 5.74) is 15.9. The molecule has 44 heavy (non-hydrogen) atoms. The van der Waals surface area contributed by atoms with Crippen LogP contribution in [0.2, 0.25) is 0 Å². The van der Waals surface area contributed by atoms with Crippen molar-refractivity contribution >= 4 is 23.5 Å².